The van der Waals surface area contributed by atoms with Crippen molar-refractivity contribution in [3.63, 3.8) is 0 Å². The molecule has 0 radical (unpaired) electrons. The van der Waals surface area contributed by atoms with Crippen molar-refractivity contribution in [1.82, 2.24) is 14.1 Å². The van der Waals surface area contributed by atoms with Gasteiger partial charge >= 0.3 is 0 Å². The van der Waals surface area contributed by atoms with Gasteiger partial charge in [0.1, 0.15) is 5.84 Å². The summed E-state index contributed by atoms with van der Waals surface area (Å²) < 4.78 is 60.6. The first-order valence-corrected chi connectivity index (χ1v) is 16.3. The fraction of sp³-hybridized carbons (Fsp3) is 0.536. The lowest BCUT2D eigenvalue weighted by Gasteiger charge is -2.47. The lowest BCUT2D eigenvalue weighted by molar-refractivity contribution is 0.0799. The standard InChI is InChI=1S/C28H40N4O4S2/c1-22(2)28-31(19-8-20-32(28)38(35,36)26-15-11-24(4)12-16-26)27(21-30-17-6-5-7-18-30)29-37(33,34)25-13-9-23(3)10-14-25/h9-16,22,28H,5-8,17-21H2,1-4H3/b29-27+. The molecule has 2 saturated heterocycles. The van der Waals surface area contributed by atoms with Gasteiger partial charge < -0.3 is 4.90 Å². The van der Waals surface area contributed by atoms with E-state index in [1.54, 1.807) is 48.5 Å². The summed E-state index contributed by atoms with van der Waals surface area (Å²) in [6.45, 7) is 10.8. The van der Waals surface area contributed by atoms with E-state index in [1.807, 2.05) is 32.6 Å². The predicted octanol–water partition coefficient (Wildman–Crippen LogP) is 4.26. The Morgan fingerprint density at radius 2 is 1.34 bits per heavy atom. The number of piperidine rings is 1. The molecule has 4 rings (SSSR count). The zero-order valence-electron chi connectivity index (χ0n) is 22.9. The molecular formula is C28H40N4O4S2. The smallest absolute Gasteiger partial charge is 0.283 e. The third kappa shape index (κ3) is 6.47. The van der Waals surface area contributed by atoms with Crippen LogP contribution in [0.5, 0.6) is 0 Å². The quantitative estimate of drug-likeness (QED) is 0.371. The van der Waals surface area contributed by atoms with Crippen molar-refractivity contribution in [1.29, 1.82) is 0 Å². The van der Waals surface area contributed by atoms with E-state index >= 15 is 0 Å². The van der Waals surface area contributed by atoms with Crippen LogP contribution in [0.4, 0.5) is 0 Å². The first kappa shape index (κ1) is 28.7. The highest BCUT2D eigenvalue weighted by atomic mass is 32.2. The molecule has 0 bridgehead atoms. The number of likely N-dealkylation sites (tertiary alicyclic amines) is 1. The SMILES string of the molecule is Cc1ccc(S(=O)(=O)/N=C(\CN2CCCCC2)N2CCCN(S(=O)(=O)c3ccc(C)cc3)C2C(C)C)cc1. The minimum atomic E-state index is -3.98. The maximum absolute atomic E-state index is 13.8. The Balaban J connectivity index is 1.76. The van der Waals surface area contributed by atoms with E-state index < -0.39 is 26.2 Å². The van der Waals surface area contributed by atoms with Crippen LogP contribution in [-0.2, 0) is 20.0 Å². The molecule has 2 aromatic carbocycles. The van der Waals surface area contributed by atoms with Gasteiger partial charge in [0.15, 0.2) is 0 Å². The molecule has 0 aromatic heterocycles. The van der Waals surface area contributed by atoms with Crippen molar-refractivity contribution in [2.45, 2.75) is 69.3 Å². The second kappa shape index (κ2) is 11.9. The fourth-order valence-electron chi connectivity index (χ4n) is 5.29. The molecule has 1 unspecified atom stereocenters. The van der Waals surface area contributed by atoms with Crippen molar-refractivity contribution in [2.24, 2.45) is 10.3 Å². The van der Waals surface area contributed by atoms with E-state index in [0.29, 0.717) is 31.9 Å². The van der Waals surface area contributed by atoms with Gasteiger partial charge in [-0.15, -0.1) is 4.40 Å². The van der Waals surface area contributed by atoms with Gasteiger partial charge in [0.2, 0.25) is 10.0 Å². The molecule has 2 fully saturated rings. The van der Waals surface area contributed by atoms with E-state index in [4.69, 9.17) is 0 Å². The Hall–Kier alpha value is -2.27. The second-order valence-electron chi connectivity index (χ2n) is 10.8. The maximum atomic E-state index is 13.8. The molecule has 0 aliphatic carbocycles. The zero-order chi connectivity index (χ0) is 27.5. The normalized spacial score (nSPS) is 20.7. The summed E-state index contributed by atoms with van der Waals surface area (Å²) in [7, 11) is -7.78. The summed E-state index contributed by atoms with van der Waals surface area (Å²) in [5.41, 5.74) is 1.95. The molecule has 2 heterocycles. The first-order valence-electron chi connectivity index (χ1n) is 13.5. The van der Waals surface area contributed by atoms with Crippen molar-refractivity contribution in [2.75, 3.05) is 32.7 Å². The molecule has 1 atom stereocenters. The number of sulfonamides is 2. The molecule has 208 valence electrons. The summed E-state index contributed by atoms with van der Waals surface area (Å²) >= 11 is 0. The maximum Gasteiger partial charge on any atom is 0.283 e. The molecule has 38 heavy (non-hydrogen) atoms. The first-order chi connectivity index (χ1) is 18.0. The summed E-state index contributed by atoms with van der Waals surface area (Å²) in [6.07, 6.45) is 3.30. The van der Waals surface area contributed by atoms with Crippen LogP contribution >= 0.6 is 0 Å². The van der Waals surface area contributed by atoms with Crippen LogP contribution in [-0.4, -0.2) is 75.7 Å². The number of hydrogen-bond donors (Lipinski definition) is 0. The molecular weight excluding hydrogens is 520 g/mol. The number of amidine groups is 1. The summed E-state index contributed by atoms with van der Waals surface area (Å²) in [5, 5.41) is 0. The van der Waals surface area contributed by atoms with Crippen LogP contribution in [0.15, 0.2) is 62.7 Å². The largest absolute Gasteiger partial charge is 0.341 e. The Morgan fingerprint density at radius 3 is 1.89 bits per heavy atom. The number of benzene rings is 2. The van der Waals surface area contributed by atoms with Crippen LogP contribution in [0.25, 0.3) is 0 Å². The number of rotatable bonds is 7. The van der Waals surface area contributed by atoms with Gasteiger partial charge in [0.25, 0.3) is 10.0 Å². The number of nitrogens with zero attached hydrogens (tertiary/aromatic N) is 4. The van der Waals surface area contributed by atoms with Crippen molar-refractivity contribution in [3.8, 4) is 0 Å². The van der Waals surface area contributed by atoms with Gasteiger partial charge in [-0.3, -0.25) is 4.90 Å². The summed E-state index contributed by atoms with van der Waals surface area (Å²) in [6, 6.07) is 13.6. The lowest BCUT2D eigenvalue weighted by atomic mass is 10.1. The third-order valence-corrected chi connectivity index (χ3v) is 10.5. The van der Waals surface area contributed by atoms with Gasteiger partial charge in [-0.25, -0.2) is 8.42 Å². The van der Waals surface area contributed by atoms with Crippen LogP contribution in [0.3, 0.4) is 0 Å². The van der Waals surface area contributed by atoms with Crippen LogP contribution in [0.1, 0.15) is 50.7 Å². The molecule has 2 aliphatic rings. The predicted molar refractivity (Wildman–Crippen MR) is 151 cm³/mol. The Labute approximate surface area is 228 Å². The van der Waals surface area contributed by atoms with E-state index in [0.717, 1.165) is 43.5 Å². The third-order valence-electron chi connectivity index (χ3n) is 7.31. The molecule has 0 spiro atoms. The lowest BCUT2D eigenvalue weighted by Crippen LogP contribution is -2.61. The molecule has 0 saturated carbocycles. The number of hydrogen-bond acceptors (Lipinski definition) is 5. The average Bonchev–Trinajstić information content (AvgIpc) is 2.89. The molecule has 10 heteroatoms. The Bertz CT molecular complexity index is 1330. The van der Waals surface area contributed by atoms with Gasteiger partial charge in [-0.2, -0.15) is 12.7 Å². The van der Waals surface area contributed by atoms with Gasteiger partial charge in [0.05, 0.1) is 22.5 Å². The molecule has 0 amide bonds. The monoisotopic (exact) mass is 560 g/mol. The molecule has 8 nitrogen and oxygen atoms in total. The summed E-state index contributed by atoms with van der Waals surface area (Å²) in [4.78, 5) is 4.55. The van der Waals surface area contributed by atoms with E-state index in [9.17, 15) is 16.8 Å². The minimum Gasteiger partial charge on any atom is -0.341 e. The molecule has 2 aromatic rings. The minimum absolute atomic E-state index is 0.0934. The highest BCUT2D eigenvalue weighted by Crippen LogP contribution is 2.29. The van der Waals surface area contributed by atoms with Gasteiger partial charge in [-0.1, -0.05) is 55.7 Å². The Kier molecular flexibility index (Phi) is 8.96. The fourth-order valence-corrected chi connectivity index (χ4v) is 8.08. The van der Waals surface area contributed by atoms with Crippen LogP contribution in [0, 0.1) is 19.8 Å². The summed E-state index contributed by atoms with van der Waals surface area (Å²) in [5.74, 6) is 0.319. The van der Waals surface area contributed by atoms with Crippen LogP contribution < -0.4 is 0 Å². The van der Waals surface area contributed by atoms with E-state index in [2.05, 4.69) is 9.30 Å². The van der Waals surface area contributed by atoms with Gasteiger partial charge in [0, 0.05) is 13.1 Å². The van der Waals surface area contributed by atoms with Crippen molar-refractivity contribution >= 4 is 25.9 Å². The Morgan fingerprint density at radius 1 is 0.789 bits per heavy atom. The average molecular weight is 561 g/mol. The zero-order valence-corrected chi connectivity index (χ0v) is 24.5. The second-order valence-corrected chi connectivity index (χ2v) is 14.3. The topological polar surface area (TPSA) is 90.4 Å². The van der Waals surface area contributed by atoms with Gasteiger partial charge in [-0.05, 0) is 76.4 Å². The van der Waals surface area contributed by atoms with Crippen molar-refractivity contribution < 1.29 is 16.8 Å². The van der Waals surface area contributed by atoms with Crippen LogP contribution in [0.2, 0.25) is 0 Å². The number of aryl methyl sites for hydroxylation is 2. The molecule has 2 aliphatic heterocycles. The van der Waals surface area contributed by atoms with E-state index in [1.165, 1.54) is 4.31 Å². The van der Waals surface area contributed by atoms with E-state index in [-0.39, 0.29) is 15.7 Å². The highest BCUT2D eigenvalue weighted by molar-refractivity contribution is 7.90. The molecule has 0 N–H and O–H groups in total. The highest BCUT2D eigenvalue weighted by Gasteiger charge is 2.41. The van der Waals surface area contributed by atoms with Crippen molar-refractivity contribution in [3.05, 3.63) is 59.7 Å².